The molecule has 1 aromatic heterocycles. The minimum absolute atomic E-state index is 0.0713. The second-order valence-electron chi connectivity index (χ2n) is 5.98. The molecule has 1 heterocycles. The zero-order chi connectivity index (χ0) is 19.4. The van der Waals surface area contributed by atoms with Gasteiger partial charge in [0.15, 0.2) is 17.3 Å². The second kappa shape index (κ2) is 7.82. The first kappa shape index (κ1) is 18.3. The predicted molar refractivity (Wildman–Crippen MR) is 101 cm³/mol. The fraction of sp³-hybridized carbons (Fsp3) is 0.200. The molecule has 2 aromatic carbocycles. The second-order valence-corrected chi connectivity index (χ2v) is 5.98. The van der Waals surface area contributed by atoms with E-state index >= 15 is 0 Å². The maximum atomic E-state index is 12.4. The number of nitrogens with zero attached hydrogens (tertiary/aromatic N) is 3. The van der Waals surface area contributed by atoms with E-state index in [1.807, 2.05) is 25.2 Å². The summed E-state index contributed by atoms with van der Waals surface area (Å²) in [5.41, 5.74) is 3.15. The van der Waals surface area contributed by atoms with Gasteiger partial charge in [0, 0.05) is 20.4 Å². The summed E-state index contributed by atoms with van der Waals surface area (Å²) in [4.78, 5) is 23.6. The van der Waals surface area contributed by atoms with Gasteiger partial charge in [-0.15, -0.1) is 5.10 Å². The van der Waals surface area contributed by atoms with Crippen molar-refractivity contribution in [1.29, 1.82) is 0 Å². The van der Waals surface area contributed by atoms with Gasteiger partial charge in [-0.05, 0) is 35.4 Å². The third kappa shape index (κ3) is 4.20. The number of allylic oxidation sites excluding steroid dienone is 1. The maximum absolute atomic E-state index is 12.4. The highest BCUT2D eigenvalue weighted by molar-refractivity contribution is 5.97. The van der Waals surface area contributed by atoms with Crippen LogP contribution in [0, 0.1) is 0 Å². The predicted octanol–water partition coefficient (Wildman–Crippen LogP) is 2.73. The first-order chi connectivity index (χ1) is 13.0. The topological polar surface area (TPSA) is 83.3 Å². The van der Waals surface area contributed by atoms with E-state index in [0.717, 1.165) is 22.2 Å². The summed E-state index contributed by atoms with van der Waals surface area (Å²) in [5, 5.41) is 8.11. The number of ether oxygens (including phenoxy) is 2. The van der Waals surface area contributed by atoms with Crippen LogP contribution in [-0.4, -0.2) is 33.9 Å². The Labute approximate surface area is 156 Å². The van der Waals surface area contributed by atoms with E-state index in [1.54, 1.807) is 29.0 Å². The van der Waals surface area contributed by atoms with Crippen LogP contribution in [-0.2, 0) is 23.1 Å². The van der Waals surface area contributed by atoms with Crippen molar-refractivity contribution < 1.29 is 19.1 Å². The molecule has 7 nitrogen and oxygen atoms in total. The van der Waals surface area contributed by atoms with Crippen LogP contribution in [0.5, 0.6) is 11.5 Å². The molecule has 0 bridgehead atoms. The Bertz CT molecular complexity index is 1040. The molecule has 138 valence electrons. The van der Waals surface area contributed by atoms with Crippen molar-refractivity contribution in [2.45, 2.75) is 13.3 Å². The average Bonchev–Trinajstić information content (AvgIpc) is 3.02. The van der Waals surface area contributed by atoms with E-state index in [-0.39, 0.29) is 12.2 Å². The van der Waals surface area contributed by atoms with Gasteiger partial charge in [-0.25, -0.2) is 4.68 Å². The van der Waals surface area contributed by atoms with Crippen LogP contribution < -0.4 is 9.47 Å². The summed E-state index contributed by atoms with van der Waals surface area (Å²) < 4.78 is 12.0. The third-order valence-electron chi connectivity index (χ3n) is 3.99. The lowest BCUT2D eigenvalue weighted by molar-refractivity contribution is -0.132. The van der Waals surface area contributed by atoms with Crippen molar-refractivity contribution >= 4 is 28.9 Å². The number of rotatable bonds is 6. The lowest BCUT2D eigenvalue weighted by Crippen LogP contribution is -2.03. The Morgan fingerprint density at radius 2 is 2.00 bits per heavy atom. The Kier molecular flexibility index (Phi) is 5.30. The Hall–Kier alpha value is -3.48. The van der Waals surface area contributed by atoms with E-state index in [4.69, 9.17) is 9.47 Å². The number of aryl methyl sites for hydroxylation is 1. The maximum Gasteiger partial charge on any atom is 0.308 e. The van der Waals surface area contributed by atoms with Gasteiger partial charge >= 0.3 is 5.97 Å². The van der Waals surface area contributed by atoms with Crippen molar-refractivity contribution in [3.8, 4) is 11.5 Å². The highest BCUT2D eigenvalue weighted by atomic mass is 16.6. The van der Waals surface area contributed by atoms with Crippen LogP contribution in [0.3, 0.4) is 0 Å². The number of fused-ring (bicyclic) bond motifs is 1. The minimum Gasteiger partial charge on any atom is -0.493 e. The summed E-state index contributed by atoms with van der Waals surface area (Å²) in [6, 6.07) is 10.8. The van der Waals surface area contributed by atoms with E-state index < -0.39 is 5.97 Å². The van der Waals surface area contributed by atoms with Gasteiger partial charge in [0.1, 0.15) is 5.52 Å². The average molecular weight is 365 g/mol. The standard InChI is InChI=1S/C20H19N3O4/c1-13(24)27-19-11-14(8-10-18(19)26-3)7-9-16(25)12-15-5-4-6-17-20(15)21-22-23(17)2/h4-11H,12H2,1-3H3/b9-7+. The Morgan fingerprint density at radius 1 is 1.19 bits per heavy atom. The molecule has 0 aliphatic heterocycles. The molecule has 0 aliphatic rings. The smallest absolute Gasteiger partial charge is 0.308 e. The number of methoxy groups -OCH3 is 1. The zero-order valence-corrected chi connectivity index (χ0v) is 15.3. The molecule has 0 saturated carbocycles. The van der Waals surface area contributed by atoms with Crippen molar-refractivity contribution in [2.75, 3.05) is 7.11 Å². The third-order valence-corrected chi connectivity index (χ3v) is 3.99. The quantitative estimate of drug-likeness (QED) is 0.379. The molecule has 0 radical (unpaired) electrons. The number of hydrogen-bond donors (Lipinski definition) is 0. The molecule has 27 heavy (non-hydrogen) atoms. The van der Waals surface area contributed by atoms with Crippen LogP contribution in [0.2, 0.25) is 0 Å². The zero-order valence-electron chi connectivity index (χ0n) is 15.3. The summed E-state index contributed by atoms with van der Waals surface area (Å²) in [6.07, 6.45) is 3.39. The highest BCUT2D eigenvalue weighted by Gasteiger charge is 2.10. The number of carbonyl (C=O) groups is 2. The first-order valence-corrected chi connectivity index (χ1v) is 8.32. The first-order valence-electron chi connectivity index (χ1n) is 8.32. The molecule has 0 spiro atoms. The van der Waals surface area contributed by atoms with Gasteiger partial charge in [-0.3, -0.25) is 9.59 Å². The summed E-state index contributed by atoms with van der Waals surface area (Å²) in [6.45, 7) is 1.32. The number of hydrogen-bond acceptors (Lipinski definition) is 6. The Morgan fingerprint density at radius 3 is 2.74 bits per heavy atom. The number of carbonyl (C=O) groups excluding carboxylic acids is 2. The number of benzene rings is 2. The van der Waals surface area contributed by atoms with Gasteiger partial charge in [0.2, 0.25) is 0 Å². The van der Waals surface area contributed by atoms with Crippen LogP contribution in [0.1, 0.15) is 18.1 Å². The van der Waals surface area contributed by atoms with Gasteiger partial charge in [0.25, 0.3) is 0 Å². The molecule has 0 fully saturated rings. The molecular formula is C20H19N3O4. The van der Waals surface area contributed by atoms with Crippen LogP contribution in [0.25, 0.3) is 17.1 Å². The SMILES string of the molecule is COc1ccc(/C=C/C(=O)Cc2cccc3c2nnn3C)cc1OC(C)=O. The molecule has 7 heteroatoms. The fourth-order valence-corrected chi connectivity index (χ4v) is 2.72. The lowest BCUT2D eigenvalue weighted by atomic mass is 10.1. The minimum atomic E-state index is -0.442. The molecule has 3 aromatic rings. The Balaban J connectivity index is 1.77. The molecular weight excluding hydrogens is 346 g/mol. The van der Waals surface area contributed by atoms with Crippen molar-refractivity contribution in [1.82, 2.24) is 15.0 Å². The molecule has 0 aliphatic carbocycles. The molecule has 0 saturated heterocycles. The van der Waals surface area contributed by atoms with E-state index in [2.05, 4.69) is 10.3 Å². The van der Waals surface area contributed by atoms with Gasteiger partial charge in [0.05, 0.1) is 12.6 Å². The van der Waals surface area contributed by atoms with Crippen molar-refractivity contribution in [3.05, 3.63) is 53.6 Å². The summed E-state index contributed by atoms with van der Waals surface area (Å²) in [5.74, 6) is 0.243. The number of aromatic nitrogens is 3. The van der Waals surface area contributed by atoms with E-state index in [9.17, 15) is 9.59 Å². The number of ketones is 1. The van der Waals surface area contributed by atoms with Gasteiger partial charge in [-0.1, -0.05) is 29.5 Å². The van der Waals surface area contributed by atoms with Crippen molar-refractivity contribution in [2.24, 2.45) is 7.05 Å². The molecule has 0 amide bonds. The molecule has 0 unspecified atom stereocenters. The van der Waals surface area contributed by atoms with Gasteiger partial charge in [-0.2, -0.15) is 0 Å². The molecule has 0 N–H and O–H groups in total. The molecule has 0 atom stereocenters. The van der Waals surface area contributed by atoms with Crippen LogP contribution >= 0.6 is 0 Å². The van der Waals surface area contributed by atoms with Crippen LogP contribution in [0.4, 0.5) is 0 Å². The molecule has 3 rings (SSSR count). The van der Waals surface area contributed by atoms with Crippen LogP contribution in [0.15, 0.2) is 42.5 Å². The number of esters is 1. The summed E-state index contributed by atoms with van der Waals surface area (Å²) >= 11 is 0. The normalized spacial score (nSPS) is 11.1. The van der Waals surface area contributed by atoms with E-state index in [1.165, 1.54) is 20.1 Å². The lowest BCUT2D eigenvalue weighted by Gasteiger charge is -2.08. The van der Waals surface area contributed by atoms with E-state index in [0.29, 0.717) is 11.5 Å². The van der Waals surface area contributed by atoms with Gasteiger partial charge < -0.3 is 9.47 Å². The summed E-state index contributed by atoms with van der Waals surface area (Å²) in [7, 11) is 3.31. The fourth-order valence-electron chi connectivity index (χ4n) is 2.72. The monoisotopic (exact) mass is 365 g/mol. The largest absolute Gasteiger partial charge is 0.493 e. The highest BCUT2D eigenvalue weighted by Crippen LogP contribution is 2.28. The van der Waals surface area contributed by atoms with Crippen molar-refractivity contribution in [3.63, 3.8) is 0 Å².